The normalized spacial score (nSPS) is 11.8. The van der Waals surface area contributed by atoms with E-state index in [2.05, 4.69) is 137 Å². The van der Waals surface area contributed by atoms with Crippen LogP contribution in [0.3, 0.4) is 0 Å². The zero-order valence-corrected chi connectivity index (χ0v) is 22.0. The second-order valence-corrected chi connectivity index (χ2v) is 10.6. The maximum Gasteiger partial charge on any atom is 0.135 e. The van der Waals surface area contributed by atoms with Crippen molar-refractivity contribution >= 4 is 70.0 Å². The van der Waals surface area contributed by atoms with Crippen LogP contribution in [0.4, 0.5) is 0 Å². The number of fused-ring (bicyclic) bond motifs is 6. The lowest BCUT2D eigenvalue weighted by atomic mass is 9.89. The van der Waals surface area contributed by atoms with Crippen molar-refractivity contribution in [1.82, 2.24) is 0 Å². The lowest BCUT2D eigenvalue weighted by Gasteiger charge is -2.16. The van der Waals surface area contributed by atoms with E-state index in [4.69, 9.17) is 4.42 Å². The fraction of sp³-hybridized carbons (Fsp3) is 0. The summed E-state index contributed by atoms with van der Waals surface area (Å²) in [6.07, 6.45) is 1.94. The third-order valence-corrected chi connectivity index (χ3v) is 8.65. The first-order chi connectivity index (χ1) is 18.8. The van der Waals surface area contributed by atoms with Gasteiger partial charge in [0.2, 0.25) is 0 Å². The average molecular weight is 549 g/mol. The molecule has 0 unspecified atom stereocenters. The van der Waals surface area contributed by atoms with Gasteiger partial charge in [0, 0.05) is 21.0 Å². The molecule has 0 amide bonds. The second-order valence-electron chi connectivity index (χ2n) is 9.83. The zero-order chi connectivity index (χ0) is 25.2. The van der Waals surface area contributed by atoms with Gasteiger partial charge >= 0.3 is 0 Å². The first-order valence-electron chi connectivity index (χ1n) is 12.8. The van der Waals surface area contributed by atoms with Crippen molar-refractivity contribution < 1.29 is 4.42 Å². The standard InChI is InChI=1S/C36H21BrO/c37-36-30-14-6-5-13-28(30)34(32-21-38-33-19-17-23-9-2-4-12-27(23)35(32)33)29-18-16-24(20-31(29)36)26-15-7-10-22-8-1-3-11-25(22)26/h1-21H. The van der Waals surface area contributed by atoms with Crippen LogP contribution in [0.5, 0.6) is 0 Å². The predicted octanol–water partition coefficient (Wildman–Crippen LogP) is 11.1. The van der Waals surface area contributed by atoms with E-state index >= 15 is 0 Å². The van der Waals surface area contributed by atoms with Gasteiger partial charge in [-0.3, -0.25) is 0 Å². The third-order valence-electron chi connectivity index (χ3n) is 7.79. The van der Waals surface area contributed by atoms with Gasteiger partial charge in [-0.1, -0.05) is 109 Å². The van der Waals surface area contributed by atoms with Crippen LogP contribution in [-0.4, -0.2) is 0 Å². The molecule has 0 aliphatic carbocycles. The van der Waals surface area contributed by atoms with Crippen molar-refractivity contribution in [2.45, 2.75) is 0 Å². The van der Waals surface area contributed by atoms with Gasteiger partial charge in [-0.05, 0) is 82.3 Å². The highest BCUT2D eigenvalue weighted by atomic mass is 79.9. The molecule has 0 N–H and O–H groups in total. The van der Waals surface area contributed by atoms with E-state index < -0.39 is 0 Å². The Balaban J connectivity index is 1.50. The third kappa shape index (κ3) is 3.11. The fourth-order valence-corrected chi connectivity index (χ4v) is 6.73. The molecule has 7 aromatic carbocycles. The van der Waals surface area contributed by atoms with Crippen LogP contribution in [-0.2, 0) is 0 Å². The van der Waals surface area contributed by atoms with Gasteiger partial charge in [0.25, 0.3) is 0 Å². The van der Waals surface area contributed by atoms with Crippen molar-refractivity contribution in [3.8, 4) is 22.3 Å². The maximum absolute atomic E-state index is 6.17. The molecule has 38 heavy (non-hydrogen) atoms. The molecule has 0 fully saturated rings. The van der Waals surface area contributed by atoms with Crippen molar-refractivity contribution in [3.05, 3.63) is 132 Å². The highest BCUT2D eigenvalue weighted by Crippen LogP contribution is 2.46. The fourth-order valence-electron chi connectivity index (χ4n) is 6.05. The lowest BCUT2D eigenvalue weighted by Crippen LogP contribution is -1.89. The molecule has 8 aromatic rings. The molecule has 0 aliphatic rings. The van der Waals surface area contributed by atoms with Crippen molar-refractivity contribution in [2.75, 3.05) is 0 Å². The van der Waals surface area contributed by atoms with E-state index in [1.165, 1.54) is 59.8 Å². The molecule has 1 heterocycles. The number of hydrogen-bond acceptors (Lipinski definition) is 1. The summed E-state index contributed by atoms with van der Waals surface area (Å²) in [5, 5.41) is 10.9. The van der Waals surface area contributed by atoms with E-state index in [1.807, 2.05) is 6.26 Å². The van der Waals surface area contributed by atoms with Crippen molar-refractivity contribution in [3.63, 3.8) is 0 Å². The zero-order valence-electron chi connectivity index (χ0n) is 20.4. The van der Waals surface area contributed by atoms with Crippen molar-refractivity contribution in [1.29, 1.82) is 0 Å². The van der Waals surface area contributed by atoms with E-state index in [9.17, 15) is 0 Å². The highest BCUT2D eigenvalue weighted by molar-refractivity contribution is 9.10. The minimum absolute atomic E-state index is 0.909. The Morgan fingerprint density at radius 3 is 1.97 bits per heavy atom. The Hall–Kier alpha value is -4.40. The van der Waals surface area contributed by atoms with Gasteiger partial charge in [-0.25, -0.2) is 0 Å². The van der Waals surface area contributed by atoms with E-state index in [0.717, 1.165) is 21.0 Å². The highest BCUT2D eigenvalue weighted by Gasteiger charge is 2.19. The summed E-state index contributed by atoms with van der Waals surface area (Å²) >= 11 is 4.00. The van der Waals surface area contributed by atoms with Gasteiger partial charge in [0.15, 0.2) is 0 Å². The van der Waals surface area contributed by atoms with Crippen LogP contribution in [0.25, 0.3) is 76.3 Å². The molecule has 0 atom stereocenters. The summed E-state index contributed by atoms with van der Waals surface area (Å²) in [6, 6.07) is 43.4. The van der Waals surface area contributed by atoms with E-state index in [0.29, 0.717) is 0 Å². The van der Waals surface area contributed by atoms with Crippen molar-refractivity contribution in [2.24, 2.45) is 0 Å². The Bertz CT molecular complexity index is 2200. The van der Waals surface area contributed by atoms with E-state index in [-0.39, 0.29) is 0 Å². The van der Waals surface area contributed by atoms with Gasteiger partial charge in [0.05, 0.1) is 6.26 Å². The quantitative estimate of drug-likeness (QED) is 0.196. The SMILES string of the molecule is Brc1c2ccccc2c(-c2coc3ccc4ccccc4c23)c2ccc(-c3cccc4ccccc34)cc12. The van der Waals surface area contributed by atoms with Crippen LogP contribution in [0, 0.1) is 0 Å². The smallest absolute Gasteiger partial charge is 0.135 e. The van der Waals surface area contributed by atoms with Crippen LogP contribution in [0.15, 0.2) is 136 Å². The first-order valence-corrected chi connectivity index (χ1v) is 13.6. The lowest BCUT2D eigenvalue weighted by molar-refractivity contribution is 0.617. The topological polar surface area (TPSA) is 13.1 Å². The molecule has 0 saturated heterocycles. The molecule has 0 saturated carbocycles. The summed E-state index contributed by atoms with van der Waals surface area (Å²) in [5.41, 5.74) is 5.69. The number of furan rings is 1. The summed E-state index contributed by atoms with van der Waals surface area (Å²) in [6.45, 7) is 0. The average Bonchev–Trinajstić information content (AvgIpc) is 3.41. The molecule has 8 rings (SSSR count). The molecular formula is C36H21BrO. The number of halogens is 1. The summed E-state index contributed by atoms with van der Waals surface area (Å²) in [5.74, 6) is 0. The minimum atomic E-state index is 0.909. The summed E-state index contributed by atoms with van der Waals surface area (Å²) in [4.78, 5) is 0. The van der Waals surface area contributed by atoms with E-state index in [1.54, 1.807) is 0 Å². The number of rotatable bonds is 2. The van der Waals surface area contributed by atoms with Gasteiger partial charge in [0.1, 0.15) is 5.58 Å². The minimum Gasteiger partial charge on any atom is -0.464 e. The van der Waals surface area contributed by atoms with Gasteiger partial charge < -0.3 is 4.42 Å². The predicted molar refractivity (Wildman–Crippen MR) is 165 cm³/mol. The van der Waals surface area contributed by atoms with Gasteiger partial charge in [-0.2, -0.15) is 0 Å². The Morgan fingerprint density at radius 2 is 1.13 bits per heavy atom. The van der Waals surface area contributed by atoms with Crippen LogP contribution in [0.2, 0.25) is 0 Å². The molecule has 2 heteroatoms. The molecule has 1 aromatic heterocycles. The van der Waals surface area contributed by atoms with Crippen LogP contribution >= 0.6 is 15.9 Å². The molecular weight excluding hydrogens is 528 g/mol. The number of benzene rings is 7. The summed E-state index contributed by atoms with van der Waals surface area (Å²) in [7, 11) is 0. The monoisotopic (exact) mass is 548 g/mol. The Kier molecular flexibility index (Phi) is 4.74. The molecule has 1 nitrogen and oxygen atoms in total. The first kappa shape index (κ1) is 21.7. The molecule has 0 radical (unpaired) electrons. The van der Waals surface area contributed by atoms with Crippen LogP contribution < -0.4 is 0 Å². The second kappa shape index (κ2) is 8.31. The molecule has 0 spiro atoms. The Morgan fingerprint density at radius 1 is 0.474 bits per heavy atom. The van der Waals surface area contributed by atoms with Gasteiger partial charge in [-0.15, -0.1) is 0 Å². The molecule has 0 bridgehead atoms. The Labute approximate surface area is 228 Å². The molecule has 178 valence electrons. The largest absolute Gasteiger partial charge is 0.464 e. The number of hydrogen-bond donors (Lipinski definition) is 0. The van der Waals surface area contributed by atoms with Crippen LogP contribution in [0.1, 0.15) is 0 Å². The maximum atomic E-state index is 6.17. The molecule has 0 aliphatic heterocycles. The summed E-state index contributed by atoms with van der Waals surface area (Å²) < 4.78 is 7.29.